The second kappa shape index (κ2) is 13.5. The summed E-state index contributed by atoms with van der Waals surface area (Å²) in [5.74, 6) is 5.17. The Morgan fingerprint density at radius 2 is 1.72 bits per heavy atom. The van der Waals surface area contributed by atoms with Gasteiger partial charge in [0, 0.05) is 26.1 Å². The highest BCUT2D eigenvalue weighted by molar-refractivity contribution is 5.93. The molecule has 0 aromatic rings. The Morgan fingerprint density at radius 3 is 2.06 bits per heavy atom. The van der Waals surface area contributed by atoms with Gasteiger partial charge in [0.1, 0.15) is 0 Å². The van der Waals surface area contributed by atoms with Gasteiger partial charge in [0.2, 0.25) is 0 Å². The number of likely N-dealkylation sites (tertiary alicyclic amines) is 1. The van der Waals surface area contributed by atoms with Gasteiger partial charge in [0.15, 0.2) is 0 Å². The average molecular weight is 251 g/mol. The Bertz CT molecular complexity index is 301. The van der Waals surface area contributed by atoms with Crippen LogP contribution in [-0.2, 0) is 4.79 Å². The van der Waals surface area contributed by atoms with Gasteiger partial charge in [0.05, 0.1) is 6.07 Å². The van der Waals surface area contributed by atoms with E-state index in [-0.39, 0.29) is 5.91 Å². The highest BCUT2D eigenvalue weighted by atomic mass is 16.2. The van der Waals surface area contributed by atoms with Crippen molar-refractivity contribution in [1.29, 1.82) is 5.26 Å². The molecule has 0 aromatic heterocycles. The van der Waals surface area contributed by atoms with E-state index < -0.39 is 0 Å². The van der Waals surface area contributed by atoms with Gasteiger partial charge < -0.3 is 10.2 Å². The topological polar surface area (TPSA) is 56.1 Å². The summed E-state index contributed by atoms with van der Waals surface area (Å²) in [5, 5.41) is 10.5. The molecule has 0 radical (unpaired) electrons. The van der Waals surface area contributed by atoms with E-state index in [1.807, 2.05) is 25.8 Å². The highest BCUT2D eigenvalue weighted by Gasteiger charge is 2.20. The van der Waals surface area contributed by atoms with Crippen LogP contribution in [0.15, 0.2) is 0 Å². The summed E-state index contributed by atoms with van der Waals surface area (Å²) in [5.41, 5.74) is 0. The Hall–Kier alpha value is -1.52. The second-order valence-corrected chi connectivity index (χ2v) is 3.45. The summed E-state index contributed by atoms with van der Waals surface area (Å²) in [6, 6.07) is 2.32. The van der Waals surface area contributed by atoms with Crippen molar-refractivity contribution in [1.82, 2.24) is 10.2 Å². The van der Waals surface area contributed by atoms with E-state index >= 15 is 0 Å². The number of nitrogens with zero attached hydrogens (tertiary/aromatic N) is 2. The first-order valence-electron chi connectivity index (χ1n) is 6.39. The van der Waals surface area contributed by atoms with Crippen LogP contribution in [0, 0.1) is 23.2 Å². The van der Waals surface area contributed by atoms with Crippen LogP contribution in [0.25, 0.3) is 0 Å². The van der Waals surface area contributed by atoms with Crippen LogP contribution in [0.1, 0.15) is 40.5 Å². The number of hydrogen-bond acceptors (Lipinski definition) is 3. The minimum Gasteiger partial charge on any atom is -0.332 e. The normalized spacial score (nSPS) is 13.7. The molecule has 1 fully saturated rings. The fraction of sp³-hybridized carbons (Fsp3) is 0.714. The average Bonchev–Trinajstić information content (AvgIpc) is 2.42. The first kappa shape index (κ1) is 18.8. The maximum Gasteiger partial charge on any atom is 0.298 e. The number of carbonyl (C=O) groups excluding carboxylic acids is 1. The zero-order valence-corrected chi connectivity index (χ0v) is 12.2. The van der Waals surface area contributed by atoms with Crippen molar-refractivity contribution in [3.05, 3.63) is 0 Å². The van der Waals surface area contributed by atoms with E-state index in [9.17, 15) is 4.79 Å². The predicted molar refractivity (Wildman–Crippen MR) is 74.7 cm³/mol. The third-order valence-corrected chi connectivity index (χ3v) is 2.42. The Kier molecular flexibility index (Phi) is 14.2. The van der Waals surface area contributed by atoms with Gasteiger partial charge in [0.25, 0.3) is 5.91 Å². The lowest BCUT2D eigenvalue weighted by Gasteiger charge is -2.30. The number of nitriles is 1. The number of carbonyl (C=O) groups is 1. The van der Waals surface area contributed by atoms with Gasteiger partial charge >= 0.3 is 0 Å². The molecular weight excluding hydrogens is 226 g/mol. The lowest BCUT2D eigenvalue weighted by atomic mass is 10.1. The van der Waals surface area contributed by atoms with Crippen LogP contribution in [0.2, 0.25) is 0 Å². The first-order chi connectivity index (χ1) is 8.69. The molecule has 18 heavy (non-hydrogen) atoms. The summed E-state index contributed by atoms with van der Waals surface area (Å²) in [4.78, 5) is 13.1. The number of nitrogens with one attached hydrogen (secondary N) is 1. The fourth-order valence-corrected chi connectivity index (χ4v) is 1.56. The molecule has 0 saturated carbocycles. The quantitative estimate of drug-likeness (QED) is 0.723. The summed E-state index contributed by atoms with van der Waals surface area (Å²) in [6.07, 6.45) is 2.07. The van der Waals surface area contributed by atoms with Crippen molar-refractivity contribution >= 4 is 5.91 Å². The molecule has 1 rings (SSSR count). The van der Waals surface area contributed by atoms with Crippen LogP contribution < -0.4 is 5.32 Å². The molecule has 1 heterocycles. The molecule has 1 saturated heterocycles. The zero-order valence-electron chi connectivity index (χ0n) is 12.2. The summed E-state index contributed by atoms with van der Waals surface area (Å²) in [6.45, 7) is 8.79. The molecule has 4 heteroatoms. The van der Waals surface area contributed by atoms with E-state index in [0.29, 0.717) is 6.04 Å². The van der Waals surface area contributed by atoms with Crippen LogP contribution in [0.4, 0.5) is 0 Å². The monoisotopic (exact) mass is 251 g/mol. The van der Waals surface area contributed by atoms with Crippen LogP contribution in [-0.4, -0.2) is 37.0 Å². The number of rotatable bonds is 1. The lowest BCUT2D eigenvalue weighted by Crippen LogP contribution is -2.43. The van der Waals surface area contributed by atoms with Gasteiger partial charge in [-0.15, -0.1) is 0 Å². The fourth-order valence-electron chi connectivity index (χ4n) is 1.56. The highest BCUT2D eigenvalue weighted by Crippen LogP contribution is 2.09. The third kappa shape index (κ3) is 8.61. The van der Waals surface area contributed by atoms with Crippen molar-refractivity contribution in [2.75, 3.05) is 20.1 Å². The van der Waals surface area contributed by atoms with Gasteiger partial charge in [-0.3, -0.25) is 4.79 Å². The Labute approximate surface area is 111 Å². The van der Waals surface area contributed by atoms with Crippen molar-refractivity contribution in [3.8, 4) is 17.9 Å². The molecular formula is C14H25N3O. The van der Waals surface area contributed by atoms with Crippen LogP contribution in [0.5, 0.6) is 0 Å². The smallest absolute Gasteiger partial charge is 0.298 e. The van der Waals surface area contributed by atoms with Gasteiger partial charge in [-0.1, -0.05) is 19.8 Å². The molecule has 102 valence electrons. The second-order valence-electron chi connectivity index (χ2n) is 3.45. The van der Waals surface area contributed by atoms with Gasteiger partial charge in [-0.2, -0.15) is 5.26 Å². The molecule has 1 aliphatic heterocycles. The zero-order chi connectivity index (χ0) is 14.4. The molecule has 0 spiro atoms. The SMILES string of the molecule is CC.CC#CC(=O)N1CCC(NC)CC1.CC#N. The molecule has 0 aromatic carbocycles. The summed E-state index contributed by atoms with van der Waals surface area (Å²) in [7, 11) is 1.97. The minimum absolute atomic E-state index is 0.0305. The molecule has 0 atom stereocenters. The number of piperidine rings is 1. The molecule has 0 unspecified atom stereocenters. The lowest BCUT2D eigenvalue weighted by molar-refractivity contribution is -0.126. The largest absolute Gasteiger partial charge is 0.332 e. The number of hydrogen-bond donors (Lipinski definition) is 1. The van der Waals surface area contributed by atoms with Crippen molar-refractivity contribution in [2.45, 2.75) is 46.6 Å². The molecule has 0 aliphatic carbocycles. The predicted octanol–water partition coefficient (Wildman–Crippen LogP) is 1.78. The molecule has 1 aliphatic rings. The minimum atomic E-state index is -0.0305. The molecule has 1 N–H and O–H groups in total. The molecule has 0 bridgehead atoms. The van der Waals surface area contributed by atoms with Crippen LogP contribution >= 0.6 is 0 Å². The maximum atomic E-state index is 11.3. The van der Waals surface area contributed by atoms with E-state index in [0.717, 1.165) is 25.9 Å². The maximum absolute atomic E-state index is 11.3. The summed E-state index contributed by atoms with van der Waals surface area (Å²) < 4.78 is 0. The van der Waals surface area contributed by atoms with Gasteiger partial charge in [-0.25, -0.2) is 0 Å². The number of amides is 1. The molecule has 1 amide bonds. The van der Waals surface area contributed by atoms with Crippen molar-refractivity contribution < 1.29 is 4.79 Å². The van der Waals surface area contributed by atoms with E-state index in [1.165, 1.54) is 6.92 Å². The van der Waals surface area contributed by atoms with Crippen molar-refractivity contribution in [3.63, 3.8) is 0 Å². The Morgan fingerprint density at radius 1 is 1.28 bits per heavy atom. The van der Waals surface area contributed by atoms with E-state index in [1.54, 1.807) is 13.0 Å². The Balaban J connectivity index is 0. The standard InChI is InChI=1S/C10H16N2O.C2H3N.C2H6/c1-3-4-10(13)12-7-5-9(11-2)6-8-12;1-2-3;1-2/h9,11H,5-8H2,1-2H3;1H3;1-2H3. The van der Waals surface area contributed by atoms with Crippen LogP contribution in [0.3, 0.4) is 0 Å². The third-order valence-electron chi connectivity index (χ3n) is 2.42. The molecule has 4 nitrogen and oxygen atoms in total. The summed E-state index contributed by atoms with van der Waals surface area (Å²) >= 11 is 0. The van der Waals surface area contributed by atoms with Crippen molar-refractivity contribution in [2.24, 2.45) is 0 Å². The first-order valence-corrected chi connectivity index (χ1v) is 6.39. The van der Waals surface area contributed by atoms with Gasteiger partial charge in [-0.05, 0) is 32.7 Å². The van der Waals surface area contributed by atoms with E-state index in [2.05, 4.69) is 17.2 Å². The van der Waals surface area contributed by atoms with E-state index in [4.69, 9.17) is 5.26 Å².